The van der Waals surface area contributed by atoms with Crippen LogP contribution in [0.2, 0.25) is 10.2 Å². The molecule has 0 bridgehead atoms. The van der Waals surface area contributed by atoms with Gasteiger partial charge in [0.25, 0.3) is 0 Å². The fraction of sp³-hybridized carbons (Fsp3) is 0.0625. The molecule has 3 aromatic rings. The third kappa shape index (κ3) is 5.77. The number of thiocarbonyl (C=S) groups is 1. The van der Waals surface area contributed by atoms with E-state index in [1.165, 1.54) is 11.8 Å². The van der Waals surface area contributed by atoms with E-state index in [9.17, 15) is 0 Å². The number of aromatic nitrogens is 4. The summed E-state index contributed by atoms with van der Waals surface area (Å²) >= 11 is 18.5. The highest BCUT2D eigenvalue weighted by Gasteiger charge is 2.08. The van der Waals surface area contributed by atoms with Crippen molar-refractivity contribution < 1.29 is 0 Å². The summed E-state index contributed by atoms with van der Waals surface area (Å²) in [6.45, 7) is 0.545. The molecule has 0 aliphatic rings. The predicted molar refractivity (Wildman–Crippen MR) is 108 cm³/mol. The van der Waals surface area contributed by atoms with Crippen molar-refractivity contribution in [2.75, 3.05) is 5.32 Å². The van der Waals surface area contributed by atoms with E-state index in [-0.39, 0.29) is 0 Å². The lowest BCUT2D eigenvalue weighted by Crippen LogP contribution is -2.28. The molecule has 0 aliphatic heterocycles. The molecule has 0 saturated carbocycles. The average Bonchev–Trinajstić information content (AvgIpc) is 2.61. The van der Waals surface area contributed by atoms with E-state index in [1.54, 1.807) is 24.5 Å². The molecule has 1 aromatic carbocycles. The first-order valence-corrected chi connectivity index (χ1v) is 9.35. The molecule has 132 valence electrons. The molecule has 0 atom stereocenters. The van der Waals surface area contributed by atoms with E-state index in [0.717, 1.165) is 5.56 Å². The molecule has 0 saturated heterocycles. The second-order valence-electron chi connectivity index (χ2n) is 4.92. The summed E-state index contributed by atoms with van der Waals surface area (Å²) < 4.78 is 0. The molecule has 2 heterocycles. The zero-order valence-corrected chi connectivity index (χ0v) is 16.3. The number of hydrogen-bond acceptors (Lipinski definition) is 6. The molecule has 0 radical (unpaired) electrons. The molecular weight excluding hydrogens is 411 g/mol. The highest BCUT2D eigenvalue weighted by Crippen LogP contribution is 2.25. The highest BCUT2D eigenvalue weighted by atomic mass is 35.5. The maximum Gasteiger partial charge on any atom is 0.231 e. The average molecular weight is 423 g/mol. The van der Waals surface area contributed by atoms with Crippen molar-refractivity contribution in [3.05, 3.63) is 64.5 Å². The lowest BCUT2D eigenvalue weighted by atomic mass is 10.2. The van der Waals surface area contributed by atoms with Crippen molar-refractivity contribution in [2.24, 2.45) is 0 Å². The van der Waals surface area contributed by atoms with Crippen LogP contribution < -0.4 is 10.6 Å². The lowest BCUT2D eigenvalue weighted by molar-refractivity contribution is 0.920. The molecule has 2 N–H and O–H groups in total. The Morgan fingerprint density at radius 1 is 1.08 bits per heavy atom. The van der Waals surface area contributed by atoms with Crippen LogP contribution in [0.1, 0.15) is 5.56 Å². The van der Waals surface area contributed by atoms with Gasteiger partial charge in [-0.05, 0) is 47.7 Å². The summed E-state index contributed by atoms with van der Waals surface area (Å²) in [4.78, 5) is 16.8. The number of rotatable bonds is 5. The fourth-order valence-electron chi connectivity index (χ4n) is 1.87. The van der Waals surface area contributed by atoms with Crippen LogP contribution in [0.15, 0.2) is 59.0 Å². The number of anilines is 1. The standard InChI is InChI=1S/C16H12Cl2N6S2/c17-11-4-2-10(3-5-11)9-21-15(25)24-14-22-12(18)8-13(23-14)26-16-19-6-1-7-20-16/h1-8H,9H2,(H2,21,22,23,24,25). The topological polar surface area (TPSA) is 75.6 Å². The summed E-state index contributed by atoms with van der Waals surface area (Å²) in [7, 11) is 0. The first-order valence-electron chi connectivity index (χ1n) is 7.37. The largest absolute Gasteiger partial charge is 0.358 e. The van der Waals surface area contributed by atoms with Gasteiger partial charge in [0.05, 0.1) is 0 Å². The van der Waals surface area contributed by atoms with Crippen LogP contribution in [0.3, 0.4) is 0 Å². The van der Waals surface area contributed by atoms with Crippen molar-refractivity contribution >= 4 is 58.2 Å². The second-order valence-corrected chi connectivity index (χ2v) is 7.14. The number of hydrogen-bond donors (Lipinski definition) is 2. The van der Waals surface area contributed by atoms with Gasteiger partial charge in [-0.25, -0.2) is 19.9 Å². The summed E-state index contributed by atoms with van der Waals surface area (Å²) in [5.74, 6) is 0.296. The zero-order valence-electron chi connectivity index (χ0n) is 13.2. The van der Waals surface area contributed by atoms with Crippen LogP contribution in [0.5, 0.6) is 0 Å². The van der Waals surface area contributed by atoms with Crippen LogP contribution in [-0.2, 0) is 6.54 Å². The highest BCUT2D eigenvalue weighted by molar-refractivity contribution is 7.99. The van der Waals surface area contributed by atoms with Crippen molar-refractivity contribution in [2.45, 2.75) is 16.7 Å². The van der Waals surface area contributed by atoms with E-state index in [1.807, 2.05) is 24.3 Å². The van der Waals surface area contributed by atoms with Crippen LogP contribution in [0, 0.1) is 0 Å². The van der Waals surface area contributed by atoms with Gasteiger partial charge >= 0.3 is 0 Å². The molecule has 6 nitrogen and oxygen atoms in total. The minimum Gasteiger partial charge on any atom is -0.358 e. The Labute approximate surface area is 169 Å². The van der Waals surface area contributed by atoms with Crippen LogP contribution in [0.4, 0.5) is 5.95 Å². The minimum atomic E-state index is 0.293. The van der Waals surface area contributed by atoms with Gasteiger partial charge in [-0.15, -0.1) is 0 Å². The van der Waals surface area contributed by atoms with Gasteiger partial charge in [-0.3, -0.25) is 0 Å². The van der Waals surface area contributed by atoms with Crippen molar-refractivity contribution in [3.8, 4) is 0 Å². The Bertz CT molecular complexity index is 893. The summed E-state index contributed by atoms with van der Waals surface area (Å²) in [5.41, 5.74) is 1.04. The monoisotopic (exact) mass is 422 g/mol. The predicted octanol–water partition coefficient (Wildman–Crippen LogP) is 4.21. The maximum absolute atomic E-state index is 6.07. The van der Waals surface area contributed by atoms with Gasteiger partial charge < -0.3 is 10.6 Å². The van der Waals surface area contributed by atoms with Crippen molar-refractivity contribution in [3.63, 3.8) is 0 Å². The Balaban J connectivity index is 1.61. The Kier molecular flexibility index (Phi) is 6.56. The fourth-order valence-corrected chi connectivity index (χ4v) is 3.12. The molecule has 0 amide bonds. The molecular formula is C16H12Cl2N6S2. The number of benzene rings is 1. The number of nitrogens with zero attached hydrogens (tertiary/aromatic N) is 4. The van der Waals surface area contributed by atoms with Gasteiger partial charge in [0, 0.05) is 30.0 Å². The summed E-state index contributed by atoms with van der Waals surface area (Å²) in [5, 5.41) is 8.54. The summed E-state index contributed by atoms with van der Waals surface area (Å²) in [6.07, 6.45) is 3.32. The van der Waals surface area contributed by atoms with Gasteiger partial charge in [0.15, 0.2) is 10.3 Å². The van der Waals surface area contributed by atoms with E-state index >= 15 is 0 Å². The van der Waals surface area contributed by atoms with Crippen LogP contribution >= 0.6 is 47.2 Å². The third-order valence-corrected chi connectivity index (χ3v) is 4.50. The SMILES string of the molecule is S=C(NCc1ccc(Cl)cc1)Nc1nc(Cl)cc(Sc2ncccn2)n1. The molecule has 10 heteroatoms. The van der Waals surface area contributed by atoms with Crippen LogP contribution in [0.25, 0.3) is 0 Å². The minimum absolute atomic E-state index is 0.293. The van der Waals surface area contributed by atoms with Gasteiger partial charge in [0.2, 0.25) is 5.95 Å². The van der Waals surface area contributed by atoms with E-state index in [2.05, 4.69) is 30.6 Å². The molecule has 0 fully saturated rings. The third-order valence-electron chi connectivity index (χ3n) is 3.00. The molecule has 0 unspecified atom stereocenters. The molecule has 3 rings (SSSR count). The van der Waals surface area contributed by atoms with E-state index in [4.69, 9.17) is 35.4 Å². The second kappa shape index (κ2) is 9.09. The molecule has 2 aromatic heterocycles. The first kappa shape index (κ1) is 18.8. The first-order chi connectivity index (χ1) is 12.6. The Morgan fingerprint density at radius 3 is 2.54 bits per heavy atom. The smallest absolute Gasteiger partial charge is 0.231 e. The Morgan fingerprint density at radius 2 is 1.81 bits per heavy atom. The zero-order chi connectivity index (χ0) is 18.4. The lowest BCUT2D eigenvalue weighted by Gasteiger charge is -2.10. The number of halogens is 2. The van der Waals surface area contributed by atoms with E-state index < -0.39 is 0 Å². The number of nitrogens with one attached hydrogen (secondary N) is 2. The van der Waals surface area contributed by atoms with Crippen molar-refractivity contribution in [1.82, 2.24) is 25.3 Å². The quantitative estimate of drug-likeness (QED) is 0.359. The molecule has 0 spiro atoms. The molecule has 26 heavy (non-hydrogen) atoms. The van der Waals surface area contributed by atoms with Crippen LogP contribution in [-0.4, -0.2) is 25.0 Å². The summed E-state index contributed by atoms with van der Waals surface area (Å²) in [6, 6.07) is 10.9. The maximum atomic E-state index is 6.07. The van der Waals surface area contributed by atoms with Gasteiger partial charge in [-0.1, -0.05) is 35.3 Å². The normalized spacial score (nSPS) is 10.4. The Hall–Kier alpha value is -2.00. The van der Waals surface area contributed by atoms with Gasteiger partial charge in [-0.2, -0.15) is 0 Å². The van der Waals surface area contributed by atoms with E-state index in [0.29, 0.717) is 38.0 Å². The van der Waals surface area contributed by atoms with Crippen molar-refractivity contribution in [1.29, 1.82) is 0 Å². The van der Waals surface area contributed by atoms with Gasteiger partial charge in [0.1, 0.15) is 10.2 Å². The molecule has 0 aliphatic carbocycles.